The Kier molecular flexibility index (Phi) is 6.13. The van der Waals surface area contributed by atoms with Crippen LogP contribution in [0.15, 0.2) is 42.7 Å². The summed E-state index contributed by atoms with van der Waals surface area (Å²) in [5, 5.41) is 8.15. The first kappa shape index (κ1) is 23.0. The van der Waals surface area contributed by atoms with Gasteiger partial charge in [0, 0.05) is 47.0 Å². The zero-order valence-corrected chi connectivity index (χ0v) is 20.9. The Balaban J connectivity index is 1.43. The molecule has 36 heavy (non-hydrogen) atoms. The summed E-state index contributed by atoms with van der Waals surface area (Å²) >= 11 is 0. The molecule has 1 saturated heterocycles. The number of pyridine rings is 1. The normalized spacial score (nSPS) is 20.2. The number of hydrogen-bond donors (Lipinski definition) is 1. The van der Waals surface area contributed by atoms with Gasteiger partial charge in [0.2, 0.25) is 17.7 Å². The molecule has 0 spiro atoms. The van der Waals surface area contributed by atoms with Crippen LogP contribution in [-0.4, -0.2) is 46.9 Å². The monoisotopic (exact) mass is 487 g/mol. The second kappa shape index (κ2) is 9.58. The number of nitrogens with zero attached hydrogens (tertiary/aromatic N) is 4. The van der Waals surface area contributed by atoms with Crippen LogP contribution >= 0.6 is 0 Å². The summed E-state index contributed by atoms with van der Waals surface area (Å²) in [6.45, 7) is 4.17. The highest BCUT2D eigenvalue weighted by atomic mass is 16.5. The molecular formula is C28H33N5O3. The van der Waals surface area contributed by atoms with Crippen molar-refractivity contribution in [3.8, 4) is 28.6 Å². The highest BCUT2D eigenvalue weighted by Gasteiger charge is 2.39. The molecule has 0 bridgehead atoms. The molecule has 3 aliphatic rings. The Hall–Kier alpha value is -3.39. The second-order valence-corrected chi connectivity index (χ2v) is 10.1. The van der Waals surface area contributed by atoms with Crippen LogP contribution in [0.4, 0.5) is 5.69 Å². The molecule has 0 radical (unpaired) electrons. The van der Waals surface area contributed by atoms with E-state index >= 15 is 0 Å². The third kappa shape index (κ3) is 4.34. The summed E-state index contributed by atoms with van der Waals surface area (Å²) in [6, 6.07) is 10.2. The number of hydrogen-bond acceptors (Lipinski definition) is 6. The molecule has 3 aromatic rings. The van der Waals surface area contributed by atoms with E-state index in [0.29, 0.717) is 17.8 Å². The number of fused-ring (bicyclic) bond motifs is 1. The van der Waals surface area contributed by atoms with E-state index in [9.17, 15) is 4.79 Å². The van der Waals surface area contributed by atoms with Crippen molar-refractivity contribution in [3.63, 3.8) is 0 Å². The van der Waals surface area contributed by atoms with Crippen LogP contribution in [0.25, 0.3) is 11.1 Å². The zero-order chi connectivity index (χ0) is 24.6. The van der Waals surface area contributed by atoms with E-state index in [2.05, 4.69) is 40.2 Å². The van der Waals surface area contributed by atoms with Gasteiger partial charge >= 0.3 is 0 Å². The quantitative estimate of drug-likeness (QED) is 0.541. The number of ether oxygens (including phenoxy) is 2. The van der Waals surface area contributed by atoms with Crippen molar-refractivity contribution in [1.29, 1.82) is 0 Å². The molecule has 1 saturated carbocycles. The van der Waals surface area contributed by atoms with Gasteiger partial charge in [0.15, 0.2) is 0 Å². The number of carbonyl (C=O) groups is 1. The SMILES string of the molecule is COc1cccc(Oc2c(-c3cnn(C4CCNCC4)c3)ccc3c2CCC(C)N3C(=O)C2CC2)n1. The van der Waals surface area contributed by atoms with E-state index in [0.717, 1.165) is 79.7 Å². The van der Waals surface area contributed by atoms with Gasteiger partial charge < -0.3 is 19.7 Å². The maximum atomic E-state index is 13.3. The van der Waals surface area contributed by atoms with Gasteiger partial charge in [0.25, 0.3) is 0 Å². The highest BCUT2D eigenvalue weighted by Crippen LogP contribution is 2.46. The van der Waals surface area contributed by atoms with Crippen LogP contribution in [0.1, 0.15) is 50.6 Å². The van der Waals surface area contributed by atoms with Crippen molar-refractivity contribution in [2.45, 2.75) is 57.5 Å². The van der Waals surface area contributed by atoms with Crippen LogP contribution in [-0.2, 0) is 11.2 Å². The number of nitrogens with one attached hydrogen (secondary N) is 1. The number of carbonyl (C=O) groups excluding carboxylic acids is 1. The maximum Gasteiger partial charge on any atom is 0.230 e. The van der Waals surface area contributed by atoms with Gasteiger partial charge in [-0.25, -0.2) is 0 Å². The van der Waals surface area contributed by atoms with Gasteiger partial charge in [-0.3, -0.25) is 9.48 Å². The minimum absolute atomic E-state index is 0.158. The molecule has 1 aliphatic carbocycles. The number of rotatable bonds is 6. The van der Waals surface area contributed by atoms with Gasteiger partial charge in [0.05, 0.1) is 25.0 Å². The average Bonchev–Trinajstić information content (AvgIpc) is 3.65. The van der Waals surface area contributed by atoms with Crippen molar-refractivity contribution < 1.29 is 14.3 Å². The summed E-state index contributed by atoms with van der Waals surface area (Å²) in [4.78, 5) is 19.8. The fourth-order valence-electron chi connectivity index (χ4n) is 5.43. The minimum Gasteiger partial charge on any atom is -0.481 e. The number of benzene rings is 1. The van der Waals surface area contributed by atoms with Crippen LogP contribution < -0.4 is 19.7 Å². The summed E-state index contributed by atoms with van der Waals surface area (Å²) < 4.78 is 13.9. The molecule has 2 aliphatic heterocycles. The largest absolute Gasteiger partial charge is 0.481 e. The Labute approximate surface area is 211 Å². The van der Waals surface area contributed by atoms with Crippen molar-refractivity contribution in [3.05, 3.63) is 48.3 Å². The molecule has 188 valence electrons. The van der Waals surface area contributed by atoms with E-state index in [1.165, 1.54) is 0 Å². The summed E-state index contributed by atoms with van der Waals surface area (Å²) in [7, 11) is 1.60. The maximum absolute atomic E-state index is 13.3. The highest BCUT2D eigenvalue weighted by molar-refractivity contribution is 5.99. The molecule has 1 unspecified atom stereocenters. The van der Waals surface area contributed by atoms with E-state index in [1.54, 1.807) is 13.2 Å². The zero-order valence-electron chi connectivity index (χ0n) is 20.9. The van der Waals surface area contributed by atoms with E-state index < -0.39 is 0 Å². The van der Waals surface area contributed by atoms with E-state index in [-0.39, 0.29) is 17.9 Å². The van der Waals surface area contributed by atoms with Crippen LogP contribution in [0.5, 0.6) is 17.5 Å². The molecule has 4 heterocycles. The van der Waals surface area contributed by atoms with Gasteiger partial charge in [-0.1, -0.05) is 6.07 Å². The van der Waals surface area contributed by atoms with Gasteiger partial charge in [-0.05, 0) is 70.7 Å². The van der Waals surface area contributed by atoms with E-state index in [1.807, 2.05) is 23.2 Å². The van der Waals surface area contributed by atoms with Crippen LogP contribution in [0.2, 0.25) is 0 Å². The molecule has 2 fully saturated rings. The first-order chi connectivity index (χ1) is 17.6. The van der Waals surface area contributed by atoms with Crippen molar-refractivity contribution in [2.75, 3.05) is 25.1 Å². The fraction of sp³-hybridized carbons (Fsp3) is 0.464. The standard InChI is InChI=1S/C28H33N5O3/c1-18-6-9-23-24(33(18)28(34)19-7-8-19)11-10-22(27(23)36-26-5-3-4-25(31-26)35-2)20-16-30-32(17-20)21-12-14-29-15-13-21/h3-5,10-11,16-19,21,29H,6-9,12-15H2,1-2H3. The third-order valence-corrected chi connectivity index (χ3v) is 7.62. The van der Waals surface area contributed by atoms with Crippen LogP contribution in [0, 0.1) is 5.92 Å². The Morgan fingerprint density at radius 2 is 1.86 bits per heavy atom. The lowest BCUT2D eigenvalue weighted by Crippen LogP contribution is -2.43. The van der Waals surface area contributed by atoms with Crippen molar-refractivity contribution in [1.82, 2.24) is 20.1 Å². The summed E-state index contributed by atoms with van der Waals surface area (Å²) in [5.74, 6) is 2.11. The average molecular weight is 488 g/mol. The van der Waals surface area contributed by atoms with E-state index in [4.69, 9.17) is 14.6 Å². The molecule has 1 N–H and O–H groups in total. The second-order valence-electron chi connectivity index (χ2n) is 10.1. The minimum atomic E-state index is 0.158. The molecule has 1 aromatic carbocycles. The van der Waals surface area contributed by atoms with Gasteiger partial charge in [0.1, 0.15) is 5.75 Å². The molecule has 1 atom stereocenters. The molecule has 8 nitrogen and oxygen atoms in total. The predicted octanol–water partition coefficient (Wildman–Crippen LogP) is 4.75. The predicted molar refractivity (Wildman–Crippen MR) is 138 cm³/mol. The number of methoxy groups -OCH3 is 1. The third-order valence-electron chi connectivity index (χ3n) is 7.62. The Morgan fingerprint density at radius 1 is 1.06 bits per heavy atom. The number of anilines is 1. The number of amides is 1. The smallest absolute Gasteiger partial charge is 0.230 e. The lowest BCUT2D eigenvalue weighted by atomic mass is 9.92. The number of aromatic nitrogens is 3. The first-order valence-corrected chi connectivity index (χ1v) is 13.1. The lowest BCUT2D eigenvalue weighted by Gasteiger charge is -2.36. The van der Waals surface area contributed by atoms with Crippen molar-refractivity contribution in [2.24, 2.45) is 5.92 Å². The molecule has 1 amide bonds. The van der Waals surface area contributed by atoms with Gasteiger partial charge in [-0.2, -0.15) is 10.1 Å². The topological polar surface area (TPSA) is 81.5 Å². The molecular weight excluding hydrogens is 454 g/mol. The fourth-order valence-corrected chi connectivity index (χ4v) is 5.43. The first-order valence-electron chi connectivity index (χ1n) is 13.1. The van der Waals surface area contributed by atoms with Crippen LogP contribution in [0.3, 0.4) is 0 Å². The molecule has 2 aromatic heterocycles. The number of piperidine rings is 1. The Morgan fingerprint density at radius 3 is 2.64 bits per heavy atom. The summed E-state index contributed by atoms with van der Waals surface area (Å²) in [6.07, 6.45) is 9.89. The van der Waals surface area contributed by atoms with Gasteiger partial charge in [-0.15, -0.1) is 0 Å². The molecule has 8 heteroatoms. The summed E-state index contributed by atoms with van der Waals surface area (Å²) in [5.41, 5.74) is 3.98. The molecule has 6 rings (SSSR count). The lowest BCUT2D eigenvalue weighted by molar-refractivity contribution is -0.120. The Bertz CT molecular complexity index is 1260. The van der Waals surface area contributed by atoms with Crippen molar-refractivity contribution >= 4 is 11.6 Å².